The highest BCUT2D eigenvalue weighted by atomic mass is 31.2. The summed E-state index contributed by atoms with van der Waals surface area (Å²) >= 11 is 0. The minimum atomic E-state index is -2.16. The predicted molar refractivity (Wildman–Crippen MR) is 130 cm³/mol. The molecule has 0 aliphatic heterocycles. The molecule has 8 heteroatoms. The van der Waals surface area contributed by atoms with Crippen LogP contribution in [0, 0.1) is 6.92 Å². The van der Waals surface area contributed by atoms with Gasteiger partial charge >= 0.3 is 0 Å². The van der Waals surface area contributed by atoms with E-state index in [1.165, 1.54) is 0 Å². The zero-order valence-electron chi connectivity index (χ0n) is 18.3. The number of rotatable bonds is 7. The van der Waals surface area contributed by atoms with E-state index in [0.29, 0.717) is 24.2 Å². The lowest BCUT2D eigenvalue weighted by Gasteiger charge is -2.12. The maximum atomic E-state index is 12.5. The lowest BCUT2D eigenvalue weighted by molar-refractivity contribution is 0.0956. The fraction of sp³-hybridized carbons (Fsp3) is 0.208. The Morgan fingerprint density at radius 2 is 1.94 bits per heavy atom. The van der Waals surface area contributed by atoms with E-state index in [4.69, 9.17) is 0 Å². The summed E-state index contributed by atoms with van der Waals surface area (Å²) in [4.78, 5) is 24.8. The van der Waals surface area contributed by atoms with Crippen molar-refractivity contribution in [2.75, 3.05) is 31.4 Å². The first-order chi connectivity index (χ1) is 15.3. The van der Waals surface area contributed by atoms with Crippen LogP contribution in [0.3, 0.4) is 0 Å². The number of carbonyl (C=O) groups is 1. The van der Waals surface area contributed by atoms with Gasteiger partial charge in [0.05, 0.1) is 12.8 Å². The van der Waals surface area contributed by atoms with E-state index in [2.05, 4.69) is 31.7 Å². The lowest BCUT2D eigenvalue weighted by atomic mass is 10.1. The Hall–Kier alpha value is -3.44. The van der Waals surface area contributed by atoms with Crippen LogP contribution in [-0.2, 0) is 4.57 Å². The molecule has 0 atom stereocenters. The molecule has 1 amide bonds. The number of para-hydroxylation sites is 1. The number of hydrogen-bond acceptors (Lipinski definition) is 5. The van der Waals surface area contributed by atoms with Crippen molar-refractivity contribution in [1.29, 1.82) is 0 Å². The molecule has 3 N–H and O–H groups in total. The molecule has 0 fully saturated rings. The Morgan fingerprint density at radius 3 is 2.75 bits per heavy atom. The second-order valence-electron chi connectivity index (χ2n) is 8.22. The standard InChI is InChI=1S/C24H26N5O2P/c1-16-8-9-17(23(30)25-12-13-32(2,3)31)14-22(16)29-24-26-11-10-21(28-24)19-15-27-20-7-5-4-6-18(19)20/h4-11,14-15,27H,12-13H2,1-3H3,(H,25,30)(H,26,28,29). The summed E-state index contributed by atoms with van der Waals surface area (Å²) in [5, 5.41) is 7.17. The third-order valence-electron chi connectivity index (χ3n) is 5.20. The Labute approximate surface area is 187 Å². The molecular weight excluding hydrogens is 421 g/mol. The summed E-state index contributed by atoms with van der Waals surface area (Å²) in [6.07, 6.45) is 4.13. The monoisotopic (exact) mass is 447 g/mol. The number of amides is 1. The third kappa shape index (κ3) is 5.06. The van der Waals surface area contributed by atoms with E-state index in [9.17, 15) is 9.36 Å². The van der Waals surface area contributed by atoms with Gasteiger partial charge in [0.1, 0.15) is 0 Å². The molecule has 2 heterocycles. The smallest absolute Gasteiger partial charge is 0.251 e. The molecule has 2 aromatic heterocycles. The quantitative estimate of drug-likeness (QED) is 0.345. The van der Waals surface area contributed by atoms with Gasteiger partial charge in [-0.15, -0.1) is 0 Å². The molecule has 164 valence electrons. The van der Waals surface area contributed by atoms with E-state index in [0.717, 1.165) is 33.4 Å². The number of nitrogens with zero attached hydrogens (tertiary/aromatic N) is 2. The molecule has 4 rings (SSSR count). The Morgan fingerprint density at radius 1 is 1.12 bits per heavy atom. The second-order valence-corrected chi connectivity index (χ2v) is 11.8. The van der Waals surface area contributed by atoms with Crippen LogP contribution in [-0.4, -0.2) is 46.9 Å². The molecule has 32 heavy (non-hydrogen) atoms. The van der Waals surface area contributed by atoms with Crippen molar-refractivity contribution >= 4 is 35.6 Å². The van der Waals surface area contributed by atoms with Gasteiger partial charge < -0.3 is 20.2 Å². The average Bonchev–Trinajstić information content (AvgIpc) is 3.19. The molecule has 7 nitrogen and oxygen atoms in total. The van der Waals surface area contributed by atoms with Gasteiger partial charge in [-0.05, 0) is 50.1 Å². The van der Waals surface area contributed by atoms with Crippen LogP contribution in [0.2, 0.25) is 0 Å². The number of anilines is 2. The van der Waals surface area contributed by atoms with E-state index in [1.54, 1.807) is 31.7 Å². The van der Waals surface area contributed by atoms with Gasteiger partial charge in [-0.2, -0.15) is 0 Å². The number of aryl methyl sites for hydroxylation is 1. The van der Waals surface area contributed by atoms with Crippen molar-refractivity contribution in [3.63, 3.8) is 0 Å². The SMILES string of the molecule is Cc1ccc(C(=O)NCCP(C)(C)=O)cc1Nc1nccc(-c2c[nH]c3ccccc23)n1. The summed E-state index contributed by atoms with van der Waals surface area (Å²) in [7, 11) is -2.16. The first-order valence-corrected chi connectivity index (χ1v) is 13.2. The number of benzene rings is 2. The van der Waals surface area contributed by atoms with Gasteiger partial charge in [0.15, 0.2) is 0 Å². The lowest BCUT2D eigenvalue weighted by Crippen LogP contribution is -2.26. The summed E-state index contributed by atoms with van der Waals surface area (Å²) in [5.41, 5.74) is 5.09. The first kappa shape index (κ1) is 21.8. The maximum Gasteiger partial charge on any atom is 0.251 e. The zero-order chi connectivity index (χ0) is 22.7. The number of aromatic nitrogens is 3. The molecule has 0 spiro atoms. The third-order valence-corrected chi connectivity index (χ3v) is 6.50. The van der Waals surface area contributed by atoms with Gasteiger partial charge in [0.25, 0.3) is 5.91 Å². The van der Waals surface area contributed by atoms with Gasteiger partial charge in [-0.1, -0.05) is 24.3 Å². The van der Waals surface area contributed by atoms with Gasteiger partial charge in [-0.25, -0.2) is 9.97 Å². The van der Waals surface area contributed by atoms with Crippen LogP contribution in [0.1, 0.15) is 15.9 Å². The maximum absolute atomic E-state index is 12.5. The summed E-state index contributed by atoms with van der Waals surface area (Å²) in [5.74, 6) is 0.251. The van der Waals surface area contributed by atoms with Crippen molar-refractivity contribution in [1.82, 2.24) is 20.3 Å². The minimum Gasteiger partial charge on any atom is -0.360 e. The Bertz CT molecular complexity index is 1320. The Balaban J connectivity index is 1.54. The minimum absolute atomic E-state index is 0.199. The summed E-state index contributed by atoms with van der Waals surface area (Å²) in [6, 6.07) is 15.4. The van der Waals surface area contributed by atoms with E-state index >= 15 is 0 Å². The van der Waals surface area contributed by atoms with Crippen LogP contribution in [0.4, 0.5) is 11.6 Å². The molecule has 0 saturated carbocycles. The molecular formula is C24H26N5O2P. The molecule has 2 aromatic carbocycles. The topological polar surface area (TPSA) is 99.8 Å². The fourth-order valence-corrected chi connectivity index (χ4v) is 4.06. The number of aromatic amines is 1. The highest BCUT2D eigenvalue weighted by Crippen LogP contribution is 2.34. The molecule has 0 radical (unpaired) electrons. The predicted octanol–water partition coefficient (Wildman–Crippen LogP) is 5.03. The largest absolute Gasteiger partial charge is 0.360 e. The number of fused-ring (bicyclic) bond motifs is 1. The number of carbonyl (C=O) groups excluding carboxylic acids is 1. The molecule has 0 saturated heterocycles. The van der Waals surface area contributed by atoms with Crippen molar-refractivity contribution in [2.45, 2.75) is 6.92 Å². The van der Waals surface area contributed by atoms with Crippen LogP contribution in [0.25, 0.3) is 22.2 Å². The van der Waals surface area contributed by atoms with Gasteiger partial charge in [0.2, 0.25) is 5.95 Å². The van der Waals surface area contributed by atoms with Crippen molar-refractivity contribution < 1.29 is 9.36 Å². The first-order valence-electron chi connectivity index (χ1n) is 10.4. The van der Waals surface area contributed by atoms with E-state index in [-0.39, 0.29) is 5.91 Å². The molecule has 4 aromatic rings. The highest BCUT2D eigenvalue weighted by Gasteiger charge is 2.12. The van der Waals surface area contributed by atoms with Crippen LogP contribution < -0.4 is 10.6 Å². The Kier molecular flexibility index (Phi) is 6.10. The van der Waals surface area contributed by atoms with Crippen LogP contribution in [0.15, 0.2) is 60.9 Å². The normalized spacial score (nSPS) is 11.5. The number of hydrogen-bond donors (Lipinski definition) is 3. The van der Waals surface area contributed by atoms with Crippen molar-refractivity contribution in [3.05, 3.63) is 72.1 Å². The van der Waals surface area contributed by atoms with Gasteiger partial charge in [-0.3, -0.25) is 4.79 Å². The summed E-state index contributed by atoms with van der Waals surface area (Å²) < 4.78 is 11.8. The van der Waals surface area contributed by atoms with Crippen LogP contribution >= 0.6 is 7.14 Å². The molecule has 0 unspecified atom stereocenters. The van der Waals surface area contributed by atoms with Crippen LogP contribution in [0.5, 0.6) is 0 Å². The number of H-pyrrole nitrogens is 1. The fourth-order valence-electron chi connectivity index (χ4n) is 3.41. The van der Waals surface area contributed by atoms with E-state index < -0.39 is 7.14 Å². The average molecular weight is 447 g/mol. The van der Waals surface area contributed by atoms with E-state index in [1.807, 2.05) is 43.5 Å². The second kappa shape index (κ2) is 8.97. The molecule has 0 aliphatic rings. The highest BCUT2D eigenvalue weighted by molar-refractivity contribution is 7.62. The van der Waals surface area contributed by atoms with Crippen molar-refractivity contribution in [3.8, 4) is 11.3 Å². The zero-order valence-corrected chi connectivity index (χ0v) is 19.2. The van der Waals surface area contributed by atoms with Gasteiger partial charge in [0, 0.05) is 52.8 Å². The van der Waals surface area contributed by atoms with Crippen molar-refractivity contribution in [2.24, 2.45) is 0 Å². The summed E-state index contributed by atoms with van der Waals surface area (Å²) in [6.45, 7) is 5.78. The number of nitrogens with one attached hydrogen (secondary N) is 3. The molecule has 0 bridgehead atoms. The molecule has 0 aliphatic carbocycles.